The van der Waals surface area contributed by atoms with E-state index >= 15 is 0 Å². The van der Waals surface area contributed by atoms with Crippen molar-refractivity contribution in [1.29, 1.82) is 0 Å². The highest BCUT2D eigenvalue weighted by molar-refractivity contribution is 6.51. The first-order chi connectivity index (χ1) is 18.4. The Morgan fingerprint density at radius 1 is 1.00 bits per heavy atom. The lowest BCUT2D eigenvalue weighted by atomic mass is 9.84. The minimum atomic E-state index is -0.986. The van der Waals surface area contributed by atoms with E-state index in [1.165, 1.54) is 17.0 Å². The molecule has 39 heavy (non-hydrogen) atoms. The number of aliphatic hydroxyl groups excluding tert-OH is 1. The number of anilines is 1. The van der Waals surface area contributed by atoms with Crippen LogP contribution in [0.15, 0.2) is 72.4 Å². The third kappa shape index (κ3) is 5.41. The molecular formula is C31H32N2O6. The summed E-state index contributed by atoms with van der Waals surface area (Å²) in [6, 6.07) is 15.6. The van der Waals surface area contributed by atoms with Gasteiger partial charge in [0.25, 0.3) is 11.7 Å². The van der Waals surface area contributed by atoms with E-state index in [4.69, 9.17) is 9.47 Å². The van der Waals surface area contributed by atoms with Gasteiger partial charge in [0.15, 0.2) is 0 Å². The fourth-order valence-corrected chi connectivity index (χ4v) is 4.55. The Bertz CT molecular complexity index is 1440. The van der Waals surface area contributed by atoms with Crippen molar-refractivity contribution in [3.63, 3.8) is 0 Å². The summed E-state index contributed by atoms with van der Waals surface area (Å²) in [5, 5.41) is 11.5. The molecule has 1 aromatic heterocycles. The van der Waals surface area contributed by atoms with Gasteiger partial charge in [-0.15, -0.1) is 0 Å². The topological polar surface area (TPSA) is 106 Å². The highest BCUT2D eigenvalue weighted by atomic mass is 16.5. The minimum Gasteiger partial charge on any atom is -0.507 e. The van der Waals surface area contributed by atoms with Gasteiger partial charge in [0, 0.05) is 23.0 Å². The Balaban J connectivity index is 1.86. The first-order valence-electron chi connectivity index (χ1n) is 12.7. The van der Waals surface area contributed by atoms with Crippen molar-refractivity contribution in [3.05, 3.63) is 94.8 Å². The maximum absolute atomic E-state index is 13.5. The number of hydrogen-bond donors (Lipinski definition) is 1. The number of ether oxygens (including phenoxy) is 2. The van der Waals surface area contributed by atoms with Crippen molar-refractivity contribution in [1.82, 2.24) is 4.98 Å². The fraction of sp³-hybridized carbons (Fsp3) is 0.290. The summed E-state index contributed by atoms with van der Waals surface area (Å²) < 4.78 is 10.8. The molecular weight excluding hydrogens is 496 g/mol. The number of benzene rings is 2. The molecule has 3 aromatic rings. The van der Waals surface area contributed by atoms with E-state index in [1.807, 2.05) is 20.8 Å². The summed E-state index contributed by atoms with van der Waals surface area (Å²) in [6.45, 7) is 9.56. The molecule has 4 rings (SSSR count). The Kier molecular flexibility index (Phi) is 7.58. The zero-order chi connectivity index (χ0) is 28.5. The van der Waals surface area contributed by atoms with Gasteiger partial charge in [-0.3, -0.25) is 19.5 Å². The van der Waals surface area contributed by atoms with Crippen LogP contribution in [0.3, 0.4) is 0 Å². The molecule has 1 N–H and O–H groups in total. The molecule has 1 saturated heterocycles. The van der Waals surface area contributed by atoms with Gasteiger partial charge in [0.2, 0.25) is 0 Å². The number of nitrogens with zero attached hydrogens (tertiary/aromatic N) is 2. The molecule has 1 aliphatic rings. The molecule has 1 fully saturated rings. The maximum atomic E-state index is 13.5. The van der Waals surface area contributed by atoms with Gasteiger partial charge in [0.1, 0.15) is 17.6 Å². The van der Waals surface area contributed by atoms with Crippen LogP contribution in [0.25, 0.3) is 5.76 Å². The lowest BCUT2D eigenvalue weighted by molar-refractivity contribution is -0.132. The number of carbonyl (C=O) groups is 3. The number of carbonyl (C=O) groups excluding carboxylic acids is 3. The van der Waals surface area contributed by atoms with Crippen LogP contribution in [-0.4, -0.2) is 41.0 Å². The van der Waals surface area contributed by atoms with Gasteiger partial charge >= 0.3 is 5.97 Å². The molecule has 1 atom stereocenters. The molecule has 1 unspecified atom stereocenters. The van der Waals surface area contributed by atoms with Gasteiger partial charge < -0.3 is 14.6 Å². The number of esters is 1. The van der Waals surface area contributed by atoms with Gasteiger partial charge in [-0.2, -0.15) is 0 Å². The summed E-state index contributed by atoms with van der Waals surface area (Å²) in [5.74, 6) is -1.79. The van der Waals surface area contributed by atoms with Gasteiger partial charge in [0.05, 0.1) is 30.0 Å². The molecule has 2 aromatic carbocycles. The van der Waals surface area contributed by atoms with Crippen molar-refractivity contribution in [2.45, 2.75) is 52.2 Å². The van der Waals surface area contributed by atoms with E-state index in [-0.39, 0.29) is 22.9 Å². The predicted molar refractivity (Wildman–Crippen MR) is 148 cm³/mol. The molecule has 0 bridgehead atoms. The normalized spacial score (nSPS) is 17.0. The van der Waals surface area contributed by atoms with Crippen molar-refractivity contribution >= 4 is 29.1 Å². The zero-order valence-electron chi connectivity index (χ0n) is 22.9. The number of Topliss-reactive ketones (excluding diaryl/α,β-unsaturated/α-hetero) is 1. The Morgan fingerprint density at radius 2 is 1.67 bits per heavy atom. The second-order valence-electron chi connectivity index (χ2n) is 10.6. The summed E-state index contributed by atoms with van der Waals surface area (Å²) in [6.07, 6.45) is 1.28. The first-order valence-corrected chi connectivity index (χ1v) is 12.7. The SMILES string of the molecule is COc1ccc(/C(O)=C2/C(=O)C(=O)N(c3ccc(C(=O)OC(C)C)cc3)C2c2ccccn2)cc1C(C)(C)C. The predicted octanol–water partition coefficient (Wildman–Crippen LogP) is 5.58. The number of pyridine rings is 1. The van der Waals surface area contributed by atoms with E-state index in [1.54, 1.807) is 75.7 Å². The molecule has 0 aliphatic carbocycles. The monoisotopic (exact) mass is 528 g/mol. The summed E-state index contributed by atoms with van der Waals surface area (Å²) in [5.41, 5.74) is 1.92. The quantitative estimate of drug-likeness (QED) is 0.193. The molecule has 8 heteroatoms. The van der Waals surface area contributed by atoms with Crippen LogP contribution in [0.5, 0.6) is 5.75 Å². The summed E-state index contributed by atoms with van der Waals surface area (Å²) in [4.78, 5) is 44.9. The molecule has 8 nitrogen and oxygen atoms in total. The van der Waals surface area contributed by atoms with Crippen LogP contribution >= 0.6 is 0 Å². The van der Waals surface area contributed by atoms with E-state index in [2.05, 4.69) is 4.98 Å². The number of ketones is 1. The third-order valence-electron chi connectivity index (χ3n) is 6.42. The number of hydrogen-bond acceptors (Lipinski definition) is 7. The van der Waals surface area contributed by atoms with Crippen molar-refractivity contribution in [3.8, 4) is 5.75 Å². The van der Waals surface area contributed by atoms with Crippen LogP contribution in [0.1, 0.15) is 67.8 Å². The lowest BCUT2D eigenvalue weighted by Gasteiger charge is -2.25. The van der Waals surface area contributed by atoms with Crippen LogP contribution in [0, 0.1) is 0 Å². The van der Waals surface area contributed by atoms with Crippen LogP contribution in [0.2, 0.25) is 0 Å². The number of amides is 1. The smallest absolute Gasteiger partial charge is 0.338 e. The highest BCUT2D eigenvalue weighted by Crippen LogP contribution is 2.42. The average molecular weight is 529 g/mol. The largest absolute Gasteiger partial charge is 0.507 e. The van der Waals surface area contributed by atoms with Gasteiger partial charge in [-0.25, -0.2) is 4.79 Å². The molecule has 202 valence electrons. The summed E-state index contributed by atoms with van der Waals surface area (Å²) >= 11 is 0. The molecule has 0 radical (unpaired) electrons. The number of aromatic nitrogens is 1. The molecule has 0 spiro atoms. The van der Waals surface area contributed by atoms with Crippen molar-refractivity contribution < 1.29 is 29.0 Å². The number of rotatable bonds is 6. The summed E-state index contributed by atoms with van der Waals surface area (Å²) in [7, 11) is 1.57. The Hall–Kier alpha value is -4.46. The maximum Gasteiger partial charge on any atom is 0.338 e. The minimum absolute atomic E-state index is 0.0768. The number of aliphatic hydroxyl groups is 1. The zero-order valence-corrected chi connectivity index (χ0v) is 22.9. The first kappa shape index (κ1) is 27.6. The van der Waals surface area contributed by atoms with E-state index in [0.717, 1.165) is 5.56 Å². The van der Waals surface area contributed by atoms with Crippen molar-refractivity contribution in [2.24, 2.45) is 0 Å². The fourth-order valence-electron chi connectivity index (χ4n) is 4.55. The average Bonchev–Trinajstić information content (AvgIpc) is 3.17. The number of methoxy groups -OCH3 is 1. The second kappa shape index (κ2) is 10.7. The van der Waals surface area contributed by atoms with Crippen LogP contribution in [-0.2, 0) is 19.7 Å². The highest BCUT2D eigenvalue weighted by Gasteiger charge is 2.47. The van der Waals surface area contributed by atoms with E-state index in [9.17, 15) is 19.5 Å². The second-order valence-corrected chi connectivity index (χ2v) is 10.6. The van der Waals surface area contributed by atoms with E-state index in [0.29, 0.717) is 28.3 Å². The molecule has 0 saturated carbocycles. The standard InChI is InChI=1S/C31H32N2O6/c1-18(2)39-30(37)19-10-13-21(14-11-19)33-26(23-9-7-8-16-32-23)25(28(35)29(33)36)27(34)20-12-15-24(38-6)22(17-20)31(3,4)5/h7-18,26,34H,1-6H3/b27-25-. The Morgan fingerprint density at radius 3 is 2.23 bits per heavy atom. The Labute approximate surface area is 227 Å². The molecule has 1 aliphatic heterocycles. The molecule has 2 heterocycles. The van der Waals surface area contributed by atoms with Gasteiger partial charge in [-0.05, 0) is 73.9 Å². The third-order valence-corrected chi connectivity index (χ3v) is 6.42. The molecule has 1 amide bonds. The van der Waals surface area contributed by atoms with Gasteiger partial charge in [-0.1, -0.05) is 26.8 Å². The van der Waals surface area contributed by atoms with Crippen LogP contribution < -0.4 is 9.64 Å². The van der Waals surface area contributed by atoms with Crippen molar-refractivity contribution in [2.75, 3.05) is 12.0 Å². The van der Waals surface area contributed by atoms with Crippen LogP contribution in [0.4, 0.5) is 5.69 Å². The lowest BCUT2D eigenvalue weighted by Crippen LogP contribution is -2.29. The van der Waals surface area contributed by atoms with E-state index < -0.39 is 23.7 Å².